The molecule has 1 aromatic rings. The fourth-order valence-electron chi connectivity index (χ4n) is 2.63. The minimum absolute atomic E-state index is 0.134. The Hall–Kier alpha value is -1.71. The van der Waals surface area contributed by atoms with Crippen molar-refractivity contribution in [3.63, 3.8) is 0 Å². The van der Waals surface area contributed by atoms with Crippen molar-refractivity contribution < 1.29 is 4.79 Å². The Morgan fingerprint density at radius 3 is 3.00 bits per heavy atom. The average molecular weight is 245 g/mol. The van der Waals surface area contributed by atoms with Gasteiger partial charge in [0.2, 0.25) is 5.91 Å². The molecular formula is C14H19N3O. The summed E-state index contributed by atoms with van der Waals surface area (Å²) in [4.78, 5) is 14.0. The lowest BCUT2D eigenvalue weighted by atomic mass is 9.93. The van der Waals surface area contributed by atoms with Crippen LogP contribution >= 0.6 is 0 Å². The number of hydrogen-bond acceptors (Lipinski definition) is 3. The van der Waals surface area contributed by atoms with E-state index >= 15 is 0 Å². The number of hydrogen-bond donors (Lipinski definition) is 2. The highest BCUT2D eigenvalue weighted by atomic mass is 16.2. The van der Waals surface area contributed by atoms with Crippen LogP contribution in [0.15, 0.2) is 18.2 Å². The van der Waals surface area contributed by atoms with Gasteiger partial charge in [-0.2, -0.15) is 0 Å². The number of amides is 1. The molecule has 0 radical (unpaired) electrons. The summed E-state index contributed by atoms with van der Waals surface area (Å²) in [6, 6.07) is 6.38. The third kappa shape index (κ3) is 2.15. The zero-order valence-electron chi connectivity index (χ0n) is 10.5. The Balaban J connectivity index is 1.64. The predicted octanol–water partition coefficient (Wildman–Crippen LogP) is 1.30. The van der Waals surface area contributed by atoms with Crippen LogP contribution in [0.2, 0.25) is 0 Å². The molecule has 0 atom stereocenters. The van der Waals surface area contributed by atoms with Crippen molar-refractivity contribution in [2.24, 2.45) is 0 Å². The first kappa shape index (κ1) is 11.4. The number of nitrogens with one attached hydrogen (secondary N) is 1. The molecule has 1 fully saturated rings. The summed E-state index contributed by atoms with van der Waals surface area (Å²) < 4.78 is 0. The molecule has 1 amide bonds. The number of carbonyl (C=O) groups is 1. The van der Waals surface area contributed by atoms with E-state index in [2.05, 4.69) is 16.3 Å². The summed E-state index contributed by atoms with van der Waals surface area (Å²) >= 11 is 0. The number of nitrogens with zero attached hydrogens (tertiary/aromatic N) is 1. The first-order valence-corrected chi connectivity index (χ1v) is 6.65. The van der Waals surface area contributed by atoms with Gasteiger partial charge in [-0.05, 0) is 43.4 Å². The molecule has 1 aliphatic carbocycles. The quantitative estimate of drug-likeness (QED) is 0.789. The van der Waals surface area contributed by atoms with E-state index < -0.39 is 0 Å². The Morgan fingerprint density at radius 2 is 2.28 bits per heavy atom. The fraction of sp³-hybridized carbons (Fsp3) is 0.500. The van der Waals surface area contributed by atoms with Crippen molar-refractivity contribution in [3.8, 4) is 0 Å². The Labute approximate surface area is 107 Å². The average Bonchev–Trinajstić information content (AvgIpc) is 2.67. The van der Waals surface area contributed by atoms with E-state index in [4.69, 9.17) is 5.73 Å². The van der Waals surface area contributed by atoms with Gasteiger partial charge < -0.3 is 16.0 Å². The molecule has 96 valence electrons. The van der Waals surface area contributed by atoms with Crippen molar-refractivity contribution in [1.29, 1.82) is 0 Å². The Bertz CT molecular complexity index is 468. The second kappa shape index (κ2) is 4.52. The molecule has 4 nitrogen and oxygen atoms in total. The molecule has 0 spiro atoms. The summed E-state index contributed by atoms with van der Waals surface area (Å²) in [5.41, 5.74) is 8.99. The summed E-state index contributed by atoms with van der Waals surface area (Å²) in [7, 11) is 0. The molecule has 0 unspecified atom stereocenters. The number of carbonyl (C=O) groups excluding carboxylic acids is 1. The van der Waals surface area contributed by atoms with Gasteiger partial charge in [-0.25, -0.2) is 0 Å². The second-order valence-corrected chi connectivity index (χ2v) is 5.26. The molecule has 18 heavy (non-hydrogen) atoms. The van der Waals surface area contributed by atoms with Crippen LogP contribution in [0.4, 0.5) is 11.4 Å². The Morgan fingerprint density at radius 1 is 1.44 bits per heavy atom. The SMILES string of the molecule is Nc1ccc2c(c1)N(CC(=O)NC1CCC1)CC2. The van der Waals surface area contributed by atoms with Crippen LogP contribution in [-0.4, -0.2) is 25.0 Å². The van der Waals surface area contributed by atoms with Gasteiger partial charge in [0.1, 0.15) is 0 Å². The molecule has 1 aliphatic heterocycles. The Kier molecular flexibility index (Phi) is 2.86. The van der Waals surface area contributed by atoms with E-state index in [0.717, 1.165) is 37.2 Å². The maximum atomic E-state index is 11.9. The molecule has 0 saturated heterocycles. The zero-order valence-corrected chi connectivity index (χ0v) is 10.5. The van der Waals surface area contributed by atoms with Crippen LogP contribution in [0, 0.1) is 0 Å². The predicted molar refractivity (Wildman–Crippen MR) is 72.6 cm³/mol. The van der Waals surface area contributed by atoms with Crippen LogP contribution < -0.4 is 16.0 Å². The molecule has 1 aromatic carbocycles. The lowest BCUT2D eigenvalue weighted by molar-refractivity contribution is -0.120. The third-order valence-corrected chi connectivity index (χ3v) is 3.91. The summed E-state index contributed by atoms with van der Waals surface area (Å²) in [6.07, 6.45) is 4.52. The van der Waals surface area contributed by atoms with Crippen molar-refractivity contribution in [2.75, 3.05) is 23.7 Å². The molecule has 0 bridgehead atoms. The third-order valence-electron chi connectivity index (χ3n) is 3.91. The number of fused-ring (bicyclic) bond motifs is 1. The van der Waals surface area contributed by atoms with Gasteiger partial charge in [-0.15, -0.1) is 0 Å². The monoisotopic (exact) mass is 245 g/mol. The minimum atomic E-state index is 0.134. The maximum absolute atomic E-state index is 11.9. The standard InChI is InChI=1S/C14H19N3O/c15-11-5-4-10-6-7-17(13(10)8-11)9-14(18)16-12-2-1-3-12/h4-5,8,12H,1-3,6-7,9,15H2,(H,16,18). The second-order valence-electron chi connectivity index (χ2n) is 5.26. The molecule has 2 aliphatic rings. The topological polar surface area (TPSA) is 58.4 Å². The van der Waals surface area contributed by atoms with Crippen molar-refractivity contribution in [3.05, 3.63) is 23.8 Å². The van der Waals surface area contributed by atoms with Crippen LogP contribution in [0.25, 0.3) is 0 Å². The largest absolute Gasteiger partial charge is 0.399 e. The van der Waals surface area contributed by atoms with Crippen molar-refractivity contribution in [1.82, 2.24) is 5.32 Å². The van der Waals surface area contributed by atoms with Gasteiger partial charge in [0.05, 0.1) is 6.54 Å². The number of nitrogen functional groups attached to an aromatic ring is 1. The number of nitrogens with two attached hydrogens (primary N) is 1. The number of rotatable bonds is 3. The minimum Gasteiger partial charge on any atom is -0.399 e. The normalized spacial score (nSPS) is 18.3. The zero-order chi connectivity index (χ0) is 12.5. The number of anilines is 2. The maximum Gasteiger partial charge on any atom is 0.239 e. The summed E-state index contributed by atoms with van der Waals surface area (Å²) in [5.74, 6) is 0.134. The first-order valence-electron chi connectivity index (χ1n) is 6.65. The van der Waals surface area contributed by atoms with Gasteiger partial charge >= 0.3 is 0 Å². The van der Waals surface area contributed by atoms with Gasteiger partial charge in [-0.3, -0.25) is 4.79 Å². The van der Waals surface area contributed by atoms with Crippen molar-refractivity contribution >= 4 is 17.3 Å². The molecule has 0 aromatic heterocycles. The van der Waals surface area contributed by atoms with E-state index in [9.17, 15) is 4.79 Å². The van der Waals surface area contributed by atoms with Crippen LogP contribution in [0.3, 0.4) is 0 Å². The molecule has 1 heterocycles. The van der Waals surface area contributed by atoms with Gasteiger partial charge in [-0.1, -0.05) is 6.07 Å². The van der Waals surface area contributed by atoms with Crippen LogP contribution in [0.5, 0.6) is 0 Å². The van der Waals surface area contributed by atoms with E-state index in [1.54, 1.807) is 0 Å². The van der Waals surface area contributed by atoms with Gasteiger partial charge in [0.25, 0.3) is 0 Å². The van der Waals surface area contributed by atoms with E-state index in [0.29, 0.717) is 12.6 Å². The molecule has 4 heteroatoms. The van der Waals surface area contributed by atoms with Crippen LogP contribution in [0.1, 0.15) is 24.8 Å². The highest BCUT2D eigenvalue weighted by Gasteiger charge is 2.24. The van der Waals surface area contributed by atoms with E-state index in [-0.39, 0.29) is 5.91 Å². The highest BCUT2D eigenvalue weighted by Crippen LogP contribution is 2.29. The van der Waals surface area contributed by atoms with Crippen molar-refractivity contribution in [2.45, 2.75) is 31.7 Å². The highest BCUT2D eigenvalue weighted by molar-refractivity contribution is 5.83. The molecular weight excluding hydrogens is 226 g/mol. The lowest BCUT2D eigenvalue weighted by Gasteiger charge is -2.28. The molecule has 3 N–H and O–H groups in total. The first-order chi connectivity index (χ1) is 8.72. The molecule has 1 saturated carbocycles. The van der Waals surface area contributed by atoms with E-state index in [1.165, 1.54) is 12.0 Å². The molecule has 3 rings (SSSR count). The summed E-state index contributed by atoms with van der Waals surface area (Å²) in [5, 5.41) is 3.08. The van der Waals surface area contributed by atoms with Crippen LogP contribution in [-0.2, 0) is 11.2 Å². The van der Waals surface area contributed by atoms with Gasteiger partial charge in [0.15, 0.2) is 0 Å². The smallest absolute Gasteiger partial charge is 0.239 e. The number of benzene rings is 1. The lowest BCUT2D eigenvalue weighted by Crippen LogP contribution is -2.44. The fourth-order valence-corrected chi connectivity index (χ4v) is 2.63. The van der Waals surface area contributed by atoms with E-state index in [1.807, 2.05) is 12.1 Å². The van der Waals surface area contributed by atoms with Gasteiger partial charge in [0, 0.05) is 24.0 Å². The summed E-state index contributed by atoms with van der Waals surface area (Å²) in [6.45, 7) is 1.36.